The molecular formula is C10H8Cl4F8N2O2. The summed E-state index contributed by atoms with van der Waals surface area (Å²) in [6.45, 7) is 0. The zero-order chi connectivity index (χ0) is 21.2. The molecule has 0 aliphatic rings. The fourth-order valence-corrected chi connectivity index (χ4v) is 2.10. The minimum Gasteiger partial charge on any atom is -0.376 e. The number of alkyl halides is 12. The molecule has 154 valence electrons. The second-order valence-corrected chi connectivity index (χ2v) is 6.61. The van der Waals surface area contributed by atoms with E-state index in [9.17, 15) is 45.3 Å². The molecule has 0 saturated carbocycles. The van der Waals surface area contributed by atoms with Crippen molar-refractivity contribution >= 4 is 58.8 Å². The first-order chi connectivity index (χ1) is 11.2. The van der Waals surface area contributed by atoms with E-state index in [1.165, 1.54) is 0 Å². The highest BCUT2D eigenvalue weighted by atomic mass is 35.5. The van der Waals surface area contributed by atoms with E-state index in [4.69, 9.17) is 0 Å². The molecule has 0 radical (unpaired) electrons. The largest absolute Gasteiger partial charge is 0.376 e. The lowest BCUT2D eigenvalue weighted by Crippen LogP contribution is -2.56. The standard InChI is InChI=1S/C10H8Cl4F8N2O2/c11-7(15,16)5(25,8(12,17)18)1-3-23-24-4-2-6(26,9(13,19)20)10(14,21)22/h3-4,25-26H,1-2H2/b23-3+,24-4+. The molecule has 0 rings (SSSR count). The Kier molecular flexibility index (Phi) is 8.03. The average molecular weight is 482 g/mol. The van der Waals surface area contributed by atoms with E-state index < -0.39 is 45.6 Å². The molecule has 0 bridgehead atoms. The minimum atomic E-state index is -4.92. The summed E-state index contributed by atoms with van der Waals surface area (Å²) in [4.78, 5) is 0. The number of aliphatic hydroxyl groups is 2. The Bertz CT molecular complexity index is 463. The molecule has 0 heterocycles. The van der Waals surface area contributed by atoms with E-state index in [0.717, 1.165) is 0 Å². The molecule has 0 fully saturated rings. The maximum atomic E-state index is 12.9. The fourth-order valence-electron chi connectivity index (χ4n) is 1.22. The summed E-state index contributed by atoms with van der Waals surface area (Å²) in [5, 5.41) is 4.25. The zero-order valence-electron chi connectivity index (χ0n) is 11.9. The van der Waals surface area contributed by atoms with Crippen LogP contribution >= 0.6 is 46.4 Å². The van der Waals surface area contributed by atoms with Gasteiger partial charge in [0.15, 0.2) is 0 Å². The van der Waals surface area contributed by atoms with Gasteiger partial charge in [0.25, 0.3) is 0 Å². The highest BCUT2D eigenvalue weighted by Gasteiger charge is 2.67. The Labute approximate surface area is 160 Å². The first kappa shape index (κ1) is 25.9. The quantitative estimate of drug-likeness (QED) is 0.218. The third kappa shape index (κ3) is 5.68. The van der Waals surface area contributed by atoms with Crippen LogP contribution in [-0.2, 0) is 0 Å². The maximum absolute atomic E-state index is 12.9. The van der Waals surface area contributed by atoms with Crippen molar-refractivity contribution in [3.8, 4) is 0 Å². The second kappa shape index (κ2) is 8.08. The Hall–Kier alpha value is -0.140. The van der Waals surface area contributed by atoms with Crippen LogP contribution in [0.25, 0.3) is 0 Å². The molecule has 0 saturated heterocycles. The van der Waals surface area contributed by atoms with Crippen molar-refractivity contribution in [2.75, 3.05) is 0 Å². The van der Waals surface area contributed by atoms with Gasteiger partial charge in [0, 0.05) is 25.3 Å². The van der Waals surface area contributed by atoms with Crippen LogP contribution in [0.4, 0.5) is 35.1 Å². The molecular weight excluding hydrogens is 474 g/mol. The molecule has 0 aliphatic heterocycles. The van der Waals surface area contributed by atoms with E-state index in [-0.39, 0.29) is 12.4 Å². The molecule has 0 aromatic carbocycles. The summed E-state index contributed by atoms with van der Waals surface area (Å²) in [5.74, 6) is 0. The number of halogens is 12. The van der Waals surface area contributed by atoms with Gasteiger partial charge in [-0.1, -0.05) is 0 Å². The van der Waals surface area contributed by atoms with Crippen LogP contribution in [0.15, 0.2) is 10.2 Å². The Morgan fingerprint density at radius 2 is 0.769 bits per heavy atom. The van der Waals surface area contributed by atoms with Gasteiger partial charge in [-0.3, -0.25) is 0 Å². The summed E-state index contributed by atoms with van der Waals surface area (Å²) in [6, 6.07) is 0. The van der Waals surface area contributed by atoms with Crippen LogP contribution in [0.1, 0.15) is 12.8 Å². The van der Waals surface area contributed by atoms with Gasteiger partial charge >= 0.3 is 21.5 Å². The number of rotatable bonds is 9. The smallest absolute Gasteiger partial charge is 0.357 e. The predicted molar refractivity (Wildman–Crippen MR) is 79.3 cm³/mol. The van der Waals surface area contributed by atoms with Crippen LogP contribution in [0.5, 0.6) is 0 Å². The number of nitrogens with zero attached hydrogens (tertiary/aromatic N) is 2. The van der Waals surface area contributed by atoms with Crippen LogP contribution in [0.2, 0.25) is 0 Å². The average Bonchev–Trinajstić information content (AvgIpc) is 2.36. The molecule has 0 aromatic rings. The number of hydrogen-bond acceptors (Lipinski definition) is 4. The fraction of sp³-hybridized carbons (Fsp3) is 0.800. The Morgan fingerprint density at radius 3 is 0.923 bits per heavy atom. The summed E-state index contributed by atoms with van der Waals surface area (Å²) in [5.41, 5.74) is -8.62. The molecule has 2 N–H and O–H groups in total. The van der Waals surface area contributed by atoms with Gasteiger partial charge in [-0.15, -0.1) is 0 Å². The van der Waals surface area contributed by atoms with Crippen molar-refractivity contribution in [3.63, 3.8) is 0 Å². The molecule has 26 heavy (non-hydrogen) atoms. The van der Waals surface area contributed by atoms with Crippen molar-refractivity contribution in [3.05, 3.63) is 0 Å². The van der Waals surface area contributed by atoms with Gasteiger partial charge in [0.2, 0.25) is 11.2 Å². The topological polar surface area (TPSA) is 65.2 Å². The molecule has 0 amide bonds. The summed E-state index contributed by atoms with van der Waals surface area (Å²) < 4.78 is 103. The predicted octanol–water partition coefficient (Wildman–Crippen LogP) is 4.61. The second-order valence-electron chi connectivity index (χ2n) is 4.72. The third-order valence-corrected chi connectivity index (χ3v) is 4.13. The van der Waals surface area contributed by atoms with Gasteiger partial charge in [0.05, 0.1) is 0 Å². The normalized spacial score (nSPS) is 16.1. The monoisotopic (exact) mass is 480 g/mol. The molecule has 0 aliphatic carbocycles. The van der Waals surface area contributed by atoms with Gasteiger partial charge in [-0.05, 0) is 46.4 Å². The van der Waals surface area contributed by atoms with Crippen molar-refractivity contribution in [2.24, 2.45) is 10.2 Å². The molecule has 0 unspecified atom stereocenters. The summed E-state index contributed by atoms with van der Waals surface area (Å²) in [7, 11) is 0. The number of hydrogen-bond donors (Lipinski definition) is 2. The first-order valence-corrected chi connectivity index (χ1v) is 7.47. The van der Waals surface area contributed by atoms with Crippen molar-refractivity contribution in [1.29, 1.82) is 0 Å². The maximum Gasteiger partial charge on any atom is 0.357 e. The van der Waals surface area contributed by atoms with Gasteiger partial charge in [-0.25, -0.2) is 0 Å². The van der Waals surface area contributed by atoms with Crippen molar-refractivity contribution < 1.29 is 45.3 Å². The van der Waals surface area contributed by atoms with E-state index in [2.05, 4.69) is 56.6 Å². The van der Waals surface area contributed by atoms with E-state index >= 15 is 0 Å². The van der Waals surface area contributed by atoms with E-state index in [0.29, 0.717) is 0 Å². The lowest BCUT2D eigenvalue weighted by molar-refractivity contribution is -0.212. The van der Waals surface area contributed by atoms with Crippen LogP contribution < -0.4 is 0 Å². The van der Waals surface area contributed by atoms with Crippen LogP contribution in [0, 0.1) is 0 Å². The molecule has 0 atom stereocenters. The Balaban J connectivity index is 5.21. The lowest BCUT2D eigenvalue weighted by Gasteiger charge is -2.33. The Morgan fingerprint density at radius 1 is 0.577 bits per heavy atom. The van der Waals surface area contributed by atoms with Gasteiger partial charge < -0.3 is 10.2 Å². The summed E-state index contributed by atoms with van der Waals surface area (Å²) >= 11 is 17.4. The molecule has 0 aromatic heterocycles. The van der Waals surface area contributed by atoms with Crippen LogP contribution in [-0.4, -0.2) is 55.4 Å². The van der Waals surface area contributed by atoms with E-state index in [1.807, 2.05) is 0 Å². The minimum absolute atomic E-state index is 0.111. The van der Waals surface area contributed by atoms with Crippen LogP contribution in [0.3, 0.4) is 0 Å². The highest BCUT2D eigenvalue weighted by Crippen LogP contribution is 2.48. The third-order valence-electron chi connectivity index (χ3n) is 2.88. The molecule has 4 nitrogen and oxygen atoms in total. The van der Waals surface area contributed by atoms with Crippen molar-refractivity contribution in [1.82, 2.24) is 0 Å². The molecule has 0 spiro atoms. The SMILES string of the molecule is OC(C/C=N/N=C/CC(O)(C(F)(F)Cl)C(F)(F)Cl)(C(F)(F)Cl)C(F)(F)Cl. The van der Waals surface area contributed by atoms with Crippen molar-refractivity contribution in [2.45, 2.75) is 45.6 Å². The zero-order valence-corrected chi connectivity index (χ0v) is 14.9. The van der Waals surface area contributed by atoms with Gasteiger partial charge in [0.1, 0.15) is 0 Å². The molecule has 16 heteroatoms. The lowest BCUT2D eigenvalue weighted by atomic mass is 10.0. The van der Waals surface area contributed by atoms with E-state index in [1.54, 1.807) is 0 Å². The highest BCUT2D eigenvalue weighted by molar-refractivity contribution is 6.27. The first-order valence-electron chi connectivity index (χ1n) is 5.96. The van der Waals surface area contributed by atoms with Gasteiger partial charge in [-0.2, -0.15) is 45.3 Å². The summed E-state index contributed by atoms with van der Waals surface area (Å²) in [6.07, 6.45) is -3.14.